The number of aromatic nitrogens is 2. The van der Waals surface area contributed by atoms with Crippen molar-refractivity contribution >= 4 is 72.8 Å². The molecule has 2 aromatic heterocycles. The first-order valence-electron chi connectivity index (χ1n) is 11.5. The van der Waals surface area contributed by atoms with Crippen LogP contribution >= 0.6 is 23.2 Å². The molecule has 0 fully saturated rings. The molecule has 4 aromatic carbocycles. The van der Waals surface area contributed by atoms with Gasteiger partial charge in [-0.15, -0.1) is 0 Å². The number of aromatic amines is 2. The van der Waals surface area contributed by atoms with Gasteiger partial charge in [-0.05, 0) is 73.5 Å². The van der Waals surface area contributed by atoms with Crippen LogP contribution in [0.1, 0.15) is 37.0 Å². The molecule has 0 amide bonds. The minimum atomic E-state index is -0.407. The minimum Gasteiger partial charge on any atom is -0.457 e. The lowest BCUT2D eigenvalue weighted by molar-refractivity contribution is -0.150. The van der Waals surface area contributed by atoms with Crippen LogP contribution in [0.3, 0.4) is 0 Å². The van der Waals surface area contributed by atoms with Crippen LogP contribution in [-0.4, -0.2) is 15.9 Å². The van der Waals surface area contributed by atoms with Crippen molar-refractivity contribution in [3.05, 3.63) is 94.0 Å². The highest BCUT2D eigenvalue weighted by Crippen LogP contribution is 2.33. The number of ether oxygens (including phenoxy) is 1. The number of esters is 1. The van der Waals surface area contributed by atoms with Gasteiger partial charge in [0, 0.05) is 53.7 Å². The monoisotopic (exact) mass is 500 g/mol. The summed E-state index contributed by atoms with van der Waals surface area (Å²) in [7, 11) is 0. The molecule has 2 atom stereocenters. The van der Waals surface area contributed by atoms with Gasteiger partial charge in [0.15, 0.2) is 0 Å². The van der Waals surface area contributed by atoms with Crippen LogP contribution in [0.2, 0.25) is 10.0 Å². The zero-order valence-corrected chi connectivity index (χ0v) is 20.7. The second-order valence-corrected chi connectivity index (χ2v) is 9.91. The van der Waals surface area contributed by atoms with Gasteiger partial charge in [-0.25, -0.2) is 0 Å². The van der Waals surface area contributed by atoms with E-state index in [1.54, 1.807) is 0 Å². The van der Waals surface area contributed by atoms with E-state index in [9.17, 15) is 4.79 Å². The molecule has 0 aliphatic carbocycles. The van der Waals surface area contributed by atoms with Gasteiger partial charge in [0.1, 0.15) is 6.10 Å². The van der Waals surface area contributed by atoms with Crippen molar-refractivity contribution in [3.63, 3.8) is 0 Å². The first kappa shape index (κ1) is 22.0. The molecule has 6 aromatic rings. The van der Waals surface area contributed by atoms with Crippen molar-refractivity contribution in [2.75, 3.05) is 0 Å². The fraction of sp³-hybridized carbons (Fsp3) is 0.138. The molecule has 4 nitrogen and oxygen atoms in total. The predicted octanol–water partition coefficient (Wildman–Crippen LogP) is 8.67. The van der Waals surface area contributed by atoms with Crippen molar-refractivity contribution in [2.45, 2.75) is 25.9 Å². The van der Waals surface area contributed by atoms with E-state index in [-0.39, 0.29) is 12.1 Å². The van der Waals surface area contributed by atoms with Crippen molar-refractivity contribution in [1.82, 2.24) is 9.97 Å². The van der Waals surface area contributed by atoms with Crippen LogP contribution in [0.25, 0.3) is 43.6 Å². The van der Waals surface area contributed by atoms with Crippen LogP contribution in [0.15, 0.2) is 72.8 Å². The molecule has 0 radical (unpaired) electrons. The quantitative estimate of drug-likeness (QED) is 0.238. The van der Waals surface area contributed by atoms with Crippen molar-refractivity contribution in [3.8, 4) is 0 Å². The molecule has 0 bridgehead atoms. The Morgan fingerprint density at radius 1 is 0.657 bits per heavy atom. The van der Waals surface area contributed by atoms with E-state index in [1.807, 2.05) is 86.6 Å². The third kappa shape index (κ3) is 3.83. The molecule has 2 heterocycles. The Morgan fingerprint density at radius 3 is 1.74 bits per heavy atom. The zero-order valence-electron chi connectivity index (χ0n) is 19.2. The Hall–Kier alpha value is -3.47. The summed E-state index contributed by atoms with van der Waals surface area (Å²) >= 11 is 12.4. The summed E-state index contributed by atoms with van der Waals surface area (Å²) in [6, 6.07) is 23.7. The number of H-pyrrole nitrogens is 2. The molecular formula is C29H22Cl2N2O2. The van der Waals surface area contributed by atoms with Crippen LogP contribution in [-0.2, 0) is 9.53 Å². The lowest BCUT2D eigenvalue weighted by Crippen LogP contribution is -2.15. The molecular weight excluding hydrogens is 479 g/mol. The van der Waals surface area contributed by atoms with Crippen LogP contribution in [0.5, 0.6) is 0 Å². The van der Waals surface area contributed by atoms with Gasteiger partial charge in [-0.3, -0.25) is 4.79 Å². The Balaban J connectivity index is 1.24. The van der Waals surface area contributed by atoms with E-state index in [1.165, 1.54) is 0 Å². The summed E-state index contributed by atoms with van der Waals surface area (Å²) in [5, 5.41) is 5.71. The number of carbonyl (C=O) groups is 1. The fourth-order valence-corrected chi connectivity index (χ4v) is 5.13. The number of fused-ring (bicyclic) bond motifs is 6. The summed E-state index contributed by atoms with van der Waals surface area (Å²) < 4.78 is 5.88. The van der Waals surface area contributed by atoms with Crippen molar-refractivity contribution in [2.24, 2.45) is 0 Å². The van der Waals surface area contributed by atoms with E-state index in [2.05, 4.69) is 9.97 Å². The summed E-state index contributed by atoms with van der Waals surface area (Å²) in [5.74, 6) is -0.671. The second kappa shape index (κ2) is 8.33. The maximum Gasteiger partial charge on any atom is 0.313 e. The summed E-state index contributed by atoms with van der Waals surface area (Å²) in [4.78, 5) is 19.9. The number of nitrogens with one attached hydrogen (secondary N) is 2. The topological polar surface area (TPSA) is 57.9 Å². The van der Waals surface area contributed by atoms with E-state index in [4.69, 9.17) is 27.9 Å². The van der Waals surface area contributed by atoms with E-state index in [0.717, 1.165) is 54.7 Å². The van der Waals surface area contributed by atoms with Gasteiger partial charge in [-0.2, -0.15) is 0 Å². The smallest absolute Gasteiger partial charge is 0.313 e. The molecule has 0 aliphatic rings. The molecule has 0 unspecified atom stereocenters. The maximum absolute atomic E-state index is 13.0. The number of halogens is 2. The van der Waals surface area contributed by atoms with Crippen LogP contribution in [0, 0.1) is 0 Å². The van der Waals surface area contributed by atoms with Crippen molar-refractivity contribution < 1.29 is 9.53 Å². The third-order valence-corrected chi connectivity index (χ3v) is 7.26. The number of rotatable bonds is 4. The molecule has 0 saturated carbocycles. The molecule has 6 heteroatoms. The minimum absolute atomic E-state index is 0.264. The highest BCUT2D eigenvalue weighted by molar-refractivity contribution is 6.32. The standard InChI is InChI=1S/C29H22Cl2N2O2/c1-15(17-3-7-21-23-13-19(30)5-9-25(23)32-27(21)11-17)29(34)35-16(2)18-4-8-22-24-14-20(31)6-10-26(24)33-28(22)12-18/h3-16,32-33H,1-2H3/t15-,16+/m1/s1. The average Bonchev–Trinajstić information content (AvgIpc) is 3.39. The molecule has 0 saturated heterocycles. The van der Waals surface area contributed by atoms with Crippen LogP contribution in [0.4, 0.5) is 0 Å². The summed E-state index contributed by atoms with van der Waals surface area (Å²) in [6.07, 6.45) is -0.386. The molecule has 0 aliphatic heterocycles. The van der Waals surface area contributed by atoms with Gasteiger partial charge in [0.25, 0.3) is 0 Å². The zero-order chi connectivity index (χ0) is 24.3. The molecule has 174 valence electrons. The predicted molar refractivity (Wildman–Crippen MR) is 145 cm³/mol. The van der Waals surface area contributed by atoms with Gasteiger partial charge in [0.05, 0.1) is 5.92 Å². The summed E-state index contributed by atoms with van der Waals surface area (Å²) in [6.45, 7) is 3.77. The Labute approximate surface area is 211 Å². The third-order valence-electron chi connectivity index (χ3n) is 6.79. The lowest BCUT2D eigenvalue weighted by atomic mass is 9.99. The van der Waals surface area contributed by atoms with Gasteiger partial charge < -0.3 is 14.7 Å². The average molecular weight is 501 g/mol. The van der Waals surface area contributed by atoms with Gasteiger partial charge >= 0.3 is 5.97 Å². The van der Waals surface area contributed by atoms with E-state index >= 15 is 0 Å². The van der Waals surface area contributed by atoms with Crippen LogP contribution < -0.4 is 0 Å². The Bertz CT molecular complexity index is 1770. The highest BCUT2D eigenvalue weighted by atomic mass is 35.5. The SMILES string of the molecule is C[C@H](OC(=O)[C@H](C)c1ccc2c(c1)[nH]c1ccc(Cl)cc12)c1ccc2c(c1)[nH]c1ccc(Cl)cc12. The maximum atomic E-state index is 13.0. The Morgan fingerprint density at radius 2 is 1.17 bits per heavy atom. The van der Waals surface area contributed by atoms with E-state index in [0.29, 0.717) is 10.0 Å². The van der Waals surface area contributed by atoms with E-state index < -0.39 is 5.92 Å². The highest BCUT2D eigenvalue weighted by Gasteiger charge is 2.21. The summed E-state index contributed by atoms with van der Waals surface area (Å²) in [5.41, 5.74) is 5.82. The number of carbonyl (C=O) groups excluding carboxylic acids is 1. The van der Waals surface area contributed by atoms with Gasteiger partial charge in [0.2, 0.25) is 0 Å². The number of hydrogen-bond donors (Lipinski definition) is 2. The first-order chi connectivity index (χ1) is 16.9. The normalized spacial score (nSPS) is 13.6. The largest absolute Gasteiger partial charge is 0.457 e. The van der Waals surface area contributed by atoms with Crippen molar-refractivity contribution in [1.29, 1.82) is 0 Å². The second-order valence-electron chi connectivity index (χ2n) is 9.04. The molecule has 0 spiro atoms. The molecule has 2 N–H and O–H groups in total. The lowest BCUT2D eigenvalue weighted by Gasteiger charge is -2.18. The number of hydrogen-bond acceptors (Lipinski definition) is 2. The number of benzene rings is 4. The first-order valence-corrected chi connectivity index (χ1v) is 12.3. The Kier molecular flexibility index (Phi) is 5.24. The molecule has 6 rings (SSSR count). The fourth-order valence-electron chi connectivity index (χ4n) is 4.79. The van der Waals surface area contributed by atoms with Gasteiger partial charge in [-0.1, -0.05) is 47.5 Å². The molecule has 35 heavy (non-hydrogen) atoms.